The maximum atomic E-state index is 3.68. The summed E-state index contributed by atoms with van der Waals surface area (Å²) in [6.07, 6.45) is 9.38. The quantitative estimate of drug-likeness (QED) is 0.529. The molecule has 0 fully saturated rings. The summed E-state index contributed by atoms with van der Waals surface area (Å²) in [6, 6.07) is 0. The number of thioether (sulfide) groups is 1. The molecule has 0 aromatic carbocycles. The van der Waals surface area contributed by atoms with Crippen LogP contribution in [0, 0.1) is 0 Å². The van der Waals surface area contributed by atoms with Crippen molar-refractivity contribution in [1.82, 2.24) is 0 Å². The second kappa shape index (κ2) is 3.57. The van der Waals surface area contributed by atoms with Gasteiger partial charge in [-0.15, -0.1) is 18.3 Å². The molecule has 1 aliphatic heterocycles. The van der Waals surface area contributed by atoms with E-state index in [1.807, 2.05) is 17.8 Å². The maximum Gasteiger partial charge on any atom is 0.0160 e. The highest BCUT2D eigenvalue weighted by atomic mass is 32.2. The molecule has 0 unspecified atom stereocenters. The molecule has 0 N–H and O–H groups in total. The molecular formula is C8H10S. The van der Waals surface area contributed by atoms with Gasteiger partial charge in [0.15, 0.2) is 0 Å². The predicted molar refractivity (Wildman–Crippen MR) is 44.5 cm³/mol. The molecule has 0 nitrogen and oxygen atoms in total. The molecule has 1 aliphatic rings. The highest BCUT2D eigenvalue weighted by Crippen LogP contribution is 2.22. The molecule has 0 aromatic heterocycles. The van der Waals surface area contributed by atoms with Crippen molar-refractivity contribution in [1.29, 1.82) is 0 Å². The Morgan fingerprint density at radius 3 is 3.22 bits per heavy atom. The Morgan fingerprint density at radius 2 is 2.67 bits per heavy atom. The lowest BCUT2D eigenvalue weighted by molar-refractivity contribution is 1.36. The van der Waals surface area contributed by atoms with Crippen molar-refractivity contribution in [3.8, 4) is 0 Å². The monoisotopic (exact) mass is 138 g/mol. The van der Waals surface area contributed by atoms with Gasteiger partial charge in [0.25, 0.3) is 0 Å². The van der Waals surface area contributed by atoms with Crippen molar-refractivity contribution < 1.29 is 0 Å². The van der Waals surface area contributed by atoms with Crippen molar-refractivity contribution in [3.05, 3.63) is 35.8 Å². The summed E-state index contributed by atoms with van der Waals surface area (Å²) in [5, 5.41) is 0. The first kappa shape index (κ1) is 6.69. The van der Waals surface area contributed by atoms with E-state index in [0.717, 1.165) is 12.2 Å². The summed E-state index contributed by atoms with van der Waals surface area (Å²) in [7, 11) is 0. The minimum absolute atomic E-state index is 1.02. The molecule has 1 heteroatoms. The van der Waals surface area contributed by atoms with E-state index in [4.69, 9.17) is 0 Å². The molecule has 0 bridgehead atoms. The van der Waals surface area contributed by atoms with Gasteiger partial charge < -0.3 is 0 Å². The Bertz CT molecular complexity index is 154. The Morgan fingerprint density at radius 1 is 1.78 bits per heavy atom. The van der Waals surface area contributed by atoms with Gasteiger partial charge in [0, 0.05) is 5.75 Å². The lowest BCUT2D eigenvalue weighted by Gasteiger charge is -2.03. The first-order valence-electron chi connectivity index (χ1n) is 3.03. The smallest absolute Gasteiger partial charge is 0.0160 e. The van der Waals surface area contributed by atoms with Crippen molar-refractivity contribution in [2.24, 2.45) is 0 Å². The Labute approximate surface area is 60.3 Å². The second-order valence-corrected chi connectivity index (χ2v) is 3.01. The molecule has 9 heavy (non-hydrogen) atoms. The lowest BCUT2D eigenvalue weighted by Crippen LogP contribution is -1.81. The SMILES string of the molecule is C=CCC1=CC=CCS1. The number of rotatable bonds is 2. The number of hydrogen-bond donors (Lipinski definition) is 0. The highest BCUT2D eigenvalue weighted by molar-refractivity contribution is 8.03. The summed E-state index contributed by atoms with van der Waals surface area (Å²) >= 11 is 1.89. The molecule has 48 valence electrons. The van der Waals surface area contributed by atoms with Gasteiger partial charge in [-0.1, -0.05) is 24.3 Å². The fraction of sp³-hybridized carbons (Fsp3) is 0.250. The second-order valence-electron chi connectivity index (χ2n) is 1.86. The van der Waals surface area contributed by atoms with Gasteiger partial charge >= 0.3 is 0 Å². The largest absolute Gasteiger partial charge is 0.126 e. The first-order valence-corrected chi connectivity index (χ1v) is 4.01. The topological polar surface area (TPSA) is 0 Å². The molecule has 1 rings (SSSR count). The summed E-state index contributed by atoms with van der Waals surface area (Å²) in [6.45, 7) is 3.68. The predicted octanol–water partition coefficient (Wildman–Crippen LogP) is 2.75. The van der Waals surface area contributed by atoms with E-state index in [0.29, 0.717) is 0 Å². The minimum atomic E-state index is 1.02. The third-order valence-electron chi connectivity index (χ3n) is 1.13. The molecule has 1 heterocycles. The molecule has 0 amide bonds. The molecule has 0 saturated heterocycles. The average molecular weight is 138 g/mol. The van der Waals surface area contributed by atoms with Crippen molar-refractivity contribution >= 4 is 11.8 Å². The highest BCUT2D eigenvalue weighted by Gasteiger charge is 1.95. The van der Waals surface area contributed by atoms with Crippen LogP contribution in [-0.4, -0.2) is 5.75 Å². The summed E-state index contributed by atoms with van der Waals surface area (Å²) in [4.78, 5) is 1.42. The van der Waals surface area contributed by atoms with E-state index in [9.17, 15) is 0 Å². The van der Waals surface area contributed by atoms with Gasteiger partial charge in [-0.2, -0.15) is 0 Å². The molecular weight excluding hydrogens is 128 g/mol. The zero-order valence-electron chi connectivity index (χ0n) is 5.34. The van der Waals surface area contributed by atoms with Crippen LogP contribution in [0.1, 0.15) is 6.42 Å². The third-order valence-corrected chi connectivity index (χ3v) is 2.16. The van der Waals surface area contributed by atoms with E-state index < -0.39 is 0 Å². The van der Waals surface area contributed by atoms with Crippen LogP contribution in [0.5, 0.6) is 0 Å². The van der Waals surface area contributed by atoms with Gasteiger partial charge in [-0.3, -0.25) is 0 Å². The summed E-state index contributed by atoms with van der Waals surface area (Å²) in [5.74, 6) is 1.12. The first-order chi connectivity index (χ1) is 4.43. The summed E-state index contributed by atoms with van der Waals surface area (Å²) < 4.78 is 0. The van der Waals surface area contributed by atoms with Gasteiger partial charge in [0.2, 0.25) is 0 Å². The van der Waals surface area contributed by atoms with Crippen LogP contribution in [0.3, 0.4) is 0 Å². The van der Waals surface area contributed by atoms with Crippen LogP contribution < -0.4 is 0 Å². The van der Waals surface area contributed by atoms with Gasteiger partial charge in [-0.05, 0) is 11.3 Å². The van der Waals surface area contributed by atoms with Crippen molar-refractivity contribution in [3.63, 3.8) is 0 Å². The van der Waals surface area contributed by atoms with E-state index in [2.05, 4.69) is 24.8 Å². The fourth-order valence-corrected chi connectivity index (χ4v) is 1.54. The van der Waals surface area contributed by atoms with Crippen molar-refractivity contribution in [2.75, 3.05) is 5.75 Å². The minimum Gasteiger partial charge on any atom is -0.126 e. The van der Waals surface area contributed by atoms with Gasteiger partial charge in [-0.25, -0.2) is 0 Å². The lowest BCUT2D eigenvalue weighted by atomic mass is 10.3. The zero-order valence-corrected chi connectivity index (χ0v) is 6.16. The number of hydrogen-bond acceptors (Lipinski definition) is 1. The van der Waals surface area contributed by atoms with Crippen LogP contribution in [-0.2, 0) is 0 Å². The Kier molecular flexibility index (Phi) is 2.65. The van der Waals surface area contributed by atoms with Crippen LogP contribution >= 0.6 is 11.8 Å². The van der Waals surface area contributed by atoms with Gasteiger partial charge in [0.05, 0.1) is 0 Å². The average Bonchev–Trinajstić information content (AvgIpc) is 1.91. The third kappa shape index (κ3) is 2.10. The Balaban J connectivity index is 2.47. The standard InChI is InChI=1S/C8H10S/c1-2-5-8-6-3-4-7-9-8/h2-4,6H,1,5,7H2. The molecule has 0 spiro atoms. The molecule has 0 saturated carbocycles. The van der Waals surface area contributed by atoms with Crippen LogP contribution in [0.25, 0.3) is 0 Å². The van der Waals surface area contributed by atoms with Crippen LogP contribution in [0.2, 0.25) is 0 Å². The maximum absolute atomic E-state index is 3.68. The molecule has 0 atom stereocenters. The fourth-order valence-electron chi connectivity index (χ4n) is 0.703. The van der Waals surface area contributed by atoms with Crippen LogP contribution in [0.4, 0.5) is 0 Å². The zero-order chi connectivity index (χ0) is 6.53. The van der Waals surface area contributed by atoms with E-state index >= 15 is 0 Å². The van der Waals surface area contributed by atoms with E-state index in [1.54, 1.807) is 0 Å². The van der Waals surface area contributed by atoms with Gasteiger partial charge in [0.1, 0.15) is 0 Å². The van der Waals surface area contributed by atoms with E-state index in [1.165, 1.54) is 4.91 Å². The number of allylic oxidation sites excluding steroid dienone is 4. The molecule has 0 aromatic rings. The molecule has 0 aliphatic carbocycles. The normalized spacial score (nSPS) is 17.1. The molecule has 0 radical (unpaired) electrons. The summed E-state index contributed by atoms with van der Waals surface area (Å²) in [5.41, 5.74) is 0. The van der Waals surface area contributed by atoms with E-state index in [-0.39, 0.29) is 0 Å². The van der Waals surface area contributed by atoms with Crippen molar-refractivity contribution in [2.45, 2.75) is 6.42 Å². The van der Waals surface area contributed by atoms with Crippen LogP contribution in [0.15, 0.2) is 35.8 Å². The Hall–Kier alpha value is -0.430.